The Morgan fingerprint density at radius 3 is 1.19 bits per heavy atom. The molecule has 0 N–H and O–H groups in total. The van der Waals surface area contributed by atoms with Gasteiger partial charge in [0.05, 0.1) is 5.41 Å². The summed E-state index contributed by atoms with van der Waals surface area (Å²) < 4.78 is 7.02. The van der Waals surface area contributed by atoms with Gasteiger partial charge in [0, 0.05) is 44.7 Å². The summed E-state index contributed by atoms with van der Waals surface area (Å²) in [6, 6.07) is 70.7. The summed E-state index contributed by atoms with van der Waals surface area (Å²) in [5.41, 5.74) is 25.7. The minimum atomic E-state index is -0.407. The van der Waals surface area contributed by atoms with E-state index in [1.807, 2.05) is 0 Å². The fraction of sp³-hybridized carbons (Fsp3) is 0.115. The smallest absolute Gasteiger partial charge is 0.137 e. The van der Waals surface area contributed by atoms with E-state index >= 15 is 0 Å². The van der Waals surface area contributed by atoms with Crippen molar-refractivity contribution < 1.29 is 4.42 Å². The van der Waals surface area contributed by atoms with E-state index in [2.05, 4.69) is 221 Å². The number of rotatable bonds is 3. The van der Waals surface area contributed by atoms with Crippen molar-refractivity contribution in [3.63, 3.8) is 0 Å². The molecule has 4 aliphatic rings. The van der Waals surface area contributed by atoms with Gasteiger partial charge in [0.1, 0.15) is 11.2 Å². The molecule has 0 saturated carbocycles. The number of anilines is 3. The molecule has 298 valence electrons. The Hall–Kier alpha value is -7.42. The maximum atomic E-state index is 7.02. The van der Waals surface area contributed by atoms with E-state index < -0.39 is 5.41 Å². The van der Waals surface area contributed by atoms with Gasteiger partial charge in [0.15, 0.2) is 0 Å². The summed E-state index contributed by atoms with van der Waals surface area (Å²) in [5.74, 6) is 0. The second-order valence-electron chi connectivity index (χ2n) is 19.2. The third-order valence-corrected chi connectivity index (χ3v) is 15.5. The van der Waals surface area contributed by atoms with Crippen molar-refractivity contribution in [3.05, 3.63) is 233 Å². The van der Waals surface area contributed by atoms with Crippen LogP contribution in [0.2, 0.25) is 0 Å². The lowest BCUT2D eigenvalue weighted by Crippen LogP contribution is -2.25. The van der Waals surface area contributed by atoms with Crippen LogP contribution >= 0.6 is 0 Å². The van der Waals surface area contributed by atoms with Gasteiger partial charge in [0.25, 0.3) is 0 Å². The molecule has 2 heteroatoms. The van der Waals surface area contributed by atoms with Crippen molar-refractivity contribution in [2.45, 2.75) is 43.9 Å². The normalized spacial score (nSPS) is 15.7. The third kappa shape index (κ3) is 4.33. The number of hydrogen-bond donors (Lipinski definition) is 0. The lowest BCUT2D eigenvalue weighted by Gasteiger charge is -2.30. The Labute approximate surface area is 367 Å². The maximum Gasteiger partial charge on any atom is 0.137 e. The zero-order valence-electron chi connectivity index (χ0n) is 35.8. The number of furan rings is 1. The highest BCUT2D eigenvalue weighted by molar-refractivity contribution is 6.10. The Balaban J connectivity index is 0.978. The number of fused-ring (bicyclic) bond motifs is 19. The minimum absolute atomic E-state index is 0.130. The van der Waals surface area contributed by atoms with Crippen LogP contribution in [0.3, 0.4) is 0 Å². The lowest BCUT2D eigenvalue weighted by atomic mass is 9.70. The van der Waals surface area contributed by atoms with Crippen molar-refractivity contribution in [2.75, 3.05) is 4.90 Å². The van der Waals surface area contributed by atoms with Crippen molar-refractivity contribution in [1.82, 2.24) is 0 Å². The molecule has 0 saturated heterocycles. The number of hydrogen-bond acceptors (Lipinski definition) is 2. The highest BCUT2D eigenvalue weighted by Gasteiger charge is 2.52. The molecular formula is C61H43NO. The van der Waals surface area contributed by atoms with E-state index in [1.165, 1.54) is 89.0 Å². The summed E-state index contributed by atoms with van der Waals surface area (Å²) in [7, 11) is 0. The van der Waals surface area contributed by atoms with E-state index in [1.54, 1.807) is 0 Å². The summed E-state index contributed by atoms with van der Waals surface area (Å²) >= 11 is 0. The summed E-state index contributed by atoms with van der Waals surface area (Å²) in [5, 5.41) is 2.27. The van der Waals surface area contributed by atoms with Crippen molar-refractivity contribution >= 4 is 39.0 Å². The molecule has 0 aliphatic heterocycles. The fourth-order valence-electron chi connectivity index (χ4n) is 12.6. The first-order valence-corrected chi connectivity index (χ1v) is 22.3. The van der Waals surface area contributed by atoms with Gasteiger partial charge in [-0.25, -0.2) is 0 Å². The first-order chi connectivity index (χ1) is 30.7. The van der Waals surface area contributed by atoms with Gasteiger partial charge >= 0.3 is 0 Å². The molecule has 4 aliphatic carbocycles. The van der Waals surface area contributed by atoms with E-state index in [0.717, 1.165) is 39.0 Å². The van der Waals surface area contributed by atoms with Crippen LogP contribution in [0, 0.1) is 0 Å². The maximum absolute atomic E-state index is 7.02. The van der Waals surface area contributed by atoms with Crippen LogP contribution in [0.25, 0.3) is 66.4 Å². The zero-order valence-corrected chi connectivity index (χ0v) is 35.8. The third-order valence-electron chi connectivity index (χ3n) is 15.5. The molecule has 14 rings (SSSR count). The second kappa shape index (κ2) is 11.9. The van der Waals surface area contributed by atoms with Crippen molar-refractivity contribution in [1.29, 1.82) is 0 Å². The first kappa shape index (κ1) is 35.2. The average Bonchev–Trinajstić information content (AvgIpc) is 4.04. The van der Waals surface area contributed by atoms with Crippen LogP contribution < -0.4 is 4.90 Å². The largest absolute Gasteiger partial charge is 0.456 e. The monoisotopic (exact) mass is 805 g/mol. The second-order valence-corrected chi connectivity index (χ2v) is 19.2. The van der Waals surface area contributed by atoms with Crippen LogP contribution in [0.5, 0.6) is 0 Å². The summed E-state index contributed by atoms with van der Waals surface area (Å²) in [6.45, 7) is 9.46. The molecule has 10 aromatic rings. The van der Waals surface area contributed by atoms with E-state index in [4.69, 9.17) is 4.42 Å². The Morgan fingerprint density at radius 1 is 0.302 bits per heavy atom. The summed E-state index contributed by atoms with van der Waals surface area (Å²) in [6.07, 6.45) is 0. The van der Waals surface area contributed by atoms with Crippen LogP contribution in [-0.2, 0) is 16.2 Å². The molecule has 0 amide bonds. The van der Waals surface area contributed by atoms with Gasteiger partial charge in [-0.2, -0.15) is 0 Å². The van der Waals surface area contributed by atoms with Gasteiger partial charge in [-0.15, -0.1) is 0 Å². The Morgan fingerprint density at radius 2 is 0.683 bits per heavy atom. The number of benzene rings is 9. The average molecular weight is 806 g/mol. The standard InChI is InChI=1S/C61H43NO/c1-59(2)49-20-10-5-15-39(49)44-28-25-36(31-54(44)59)62(37-26-29-45-40-16-6-11-21-50(40)60(3,4)55(45)32-37)38-27-30-46-48-34-56-47(35-58(48)63-57(46)33-38)43-19-9-14-24-53(43)61(56)51-22-12-7-17-41(51)42-18-8-13-23-52(42)61/h5-35H,1-4H3. The van der Waals surface area contributed by atoms with E-state index in [9.17, 15) is 0 Å². The Bertz CT molecular complexity index is 3500. The Kier molecular flexibility index (Phi) is 6.67. The predicted molar refractivity (Wildman–Crippen MR) is 260 cm³/mol. The topological polar surface area (TPSA) is 16.4 Å². The molecule has 0 fully saturated rings. The van der Waals surface area contributed by atoms with Gasteiger partial charge < -0.3 is 9.32 Å². The molecular weight excluding hydrogens is 763 g/mol. The lowest BCUT2D eigenvalue weighted by molar-refractivity contribution is 0.660. The van der Waals surface area contributed by atoms with Gasteiger partial charge in [0.2, 0.25) is 0 Å². The zero-order chi connectivity index (χ0) is 42.0. The van der Waals surface area contributed by atoms with Gasteiger partial charge in [-0.3, -0.25) is 0 Å². The van der Waals surface area contributed by atoms with Crippen LogP contribution in [-0.4, -0.2) is 0 Å². The molecule has 9 aromatic carbocycles. The highest BCUT2D eigenvalue weighted by atomic mass is 16.3. The minimum Gasteiger partial charge on any atom is -0.456 e. The molecule has 0 radical (unpaired) electrons. The SMILES string of the molecule is CC1(C)c2ccccc2-c2ccc(N(c3ccc4c(c3)C(C)(C)c3ccccc3-4)c3ccc4c(c3)oc3cc5c(cc34)C3(c4ccccc4-c4ccccc43)c3ccccc3-5)cc21. The molecule has 2 nitrogen and oxygen atoms in total. The molecule has 0 unspecified atom stereocenters. The van der Waals surface area contributed by atoms with Crippen molar-refractivity contribution in [3.8, 4) is 44.5 Å². The summed E-state index contributed by atoms with van der Waals surface area (Å²) in [4.78, 5) is 2.45. The fourth-order valence-corrected chi connectivity index (χ4v) is 12.6. The predicted octanol–water partition coefficient (Wildman–Crippen LogP) is 16.0. The molecule has 1 heterocycles. The molecule has 63 heavy (non-hydrogen) atoms. The van der Waals surface area contributed by atoms with E-state index in [0.29, 0.717) is 0 Å². The quantitative estimate of drug-likeness (QED) is 0.177. The number of nitrogens with zero attached hydrogens (tertiary/aromatic N) is 1. The van der Waals surface area contributed by atoms with Crippen LogP contribution in [0.15, 0.2) is 192 Å². The van der Waals surface area contributed by atoms with E-state index in [-0.39, 0.29) is 10.8 Å². The first-order valence-electron chi connectivity index (χ1n) is 22.3. The molecule has 0 bridgehead atoms. The highest BCUT2D eigenvalue weighted by Crippen LogP contribution is 2.63. The van der Waals surface area contributed by atoms with Gasteiger partial charge in [-0.1, -0.05) is 161 Å². The van der Waals surface area contributed by atoms with Crippen LogP contribution in [0.1, 0.15) is 72.2 Å². The molecule has 1 aromatic heterocycles. The van der Waals surface area contributed by atoms with Gasteiger partial charge in [-0.05, 0) is 138 Å². The van der Waals surface area contributed by atoms with Crippen molar-refractivity contribution in [2.24, 2.45) is 0 Å². The molecule has 0 atom stereocenters. The van der Waals surface area contributed by atoms with Crippen LogP contribution in [0.4, 0.5) is 17.1 Å². The molecule has 1 spiro atoms.